The zero-order valence-corrected chi connectivity index (χ0v) is 13.1. The highest BCUT2D eigenvalue weighted by atomic mass is 32.2. The van der Waals surface area contributed by atoms with Crippen molar-refractivity contribution in [3.8, 4) is 0 Å². The van der Waals surface area contributed by atoms with Crippen LogP contribution in [0, 0.1) is 6.92 Å². The lowest BCUT2D eigenvalue weighted by atomic mass is 10.0. The second-order valence-corrected chi connectivity index (χ2v) is 7.14. The van der Waals surface area contributed by atoms with Gasteiger partial charge in [0.15, 0.2) is 0 Å². The van der Waals surface area contributed by atoms with Crippen LogP contribution >= 0.6 is 11.8 Å². The third kappa shape index (κ3) is 2.20. The minimum Gasteiger partial charge on any atom is -0.398 e. The number of nitrogen functional groups attached to an aromatic ring is 1. The molecule has 108 valence electrons. The van der Waals surface area contributed by atoms with Gasteiger partial charge in [-0.1, -0.05) is 24.3 Å². The van der Waals surface area contributed by atoms with Crippen molar-refractivity contribution >= 4 is 23.1 Å². The zero-order chi connectivity index (χ0) is 14.4. The number of benzene rings is 2. The molecule has 0 spiro atoms. The molecule has 0 amide bonds. The summed E-state index contributed by atoms with van der Waals surface area (Å²) in [5.41, 5.74) is 12.6. The molecule has 3 heteroatoms. The van der Waals surface area contributed by atoms with Crippen molar-refractivity contribution < 1.29 is 0 Å². The first-order valence-electron chi connectivity index (χ1n) is 7.58. The van der Waals surface area contributed by atoms with Gasteiger partial charge in [0.25, 0.3) is 0 Å². The van der Waals surface area contributed by atoms with E-state index in [-0.39, 0.29) is 0 Å². The third-order valence-corrected chi connectivity index (χ3v) is 5.95. The smallest absolute Gasteiger partial charge is 0.0420 e. The van der Waals surface area contributed by atoms with Gasteiger partial charge in [-0.2, -0.15) is 0 Å². The largest absolute Gasteiger partial charge is 0.398 e. The summed E-state index contributed by atoms with van der Waals surface area (Å²) in [4.78, 5) is 3.99. The van der Waals surface area contributed by atoms with Gasteiger partial charge in [-0.3, -0.25) is 0 Å². The Morgan fingerprint density at radius 1 is 1.29 bits per heavy atom. The van der Waals surface area contributed by atoms with Gasteiger partial charge in [0.2, 0.25) is 0 Å². The predicted octanol–water partition coefficient (Wildman–Crippen LogP) is 3.83. The quantitative estimate of drug-likeness (QED) is 0.854. The van der Waals surface area contributed by atoms with Crippen LogP contribution in [0.5, 0.6) is 0 Å². The highest BCUT2D eigenvalue weighted by molar-refractivity contribution is 7.99. The molecule has 0 aromatic heterocycles. The van der Waals surface area contributed by atoms with Gasteiger partial charge in [0.1, 0.15) is 0 Å². The van der Waals surface area contributed by atoms with Crippen molar-refractivity contribution in [3.63, 3.8) is 0 Å². The van der Waals surface area contributed by atoms with Crippen molar-refractivity contribution in [1.82, 2.24) is 0 Å². The number of aryl methyl sites for hydroxylation is 1. The molecule has 2 aromatic rings. The molecule has 21 heavy (non-hydrogen) atoms. The van der Waals surface area contributed by atoms with Crippen LogP contribution < -0.4 is 10.6 Å². The molecule has 0 aliphatic carbocycles. The van der Waals surface area contributed by atoms with E-state index in [1.807, 2.05) is 11.8 Å². The molecule has 2 aromatic carbocycles. The fourth-order valence-corrected chi connectivity index (χ4v) is 4.72. The lowest BCUT2D eigenvalue weighted by Crippen LogP contribution is -2.26. The Morgan fingerprint density at radius 3 is 3.05 bits per heavy atom. The average molecular weight is 296 g/mol. The van der Waals surface area contributed by atoms with Gasteiger partial charge in [-0.25, -0.2) is 0 Å². The van der Waals surface area contributed by atoms with Gasteiger partial charge < -0.3 is 10.6 Å². The molecular weight excluding hydrogens is 276 g/mol. The molecule has 0 radical (unpaired) electrons. The van der Waals surface area contributed by atoms with Crippen LogP contribution in [-0.2, 0) is 6.42 Å². The number of nitrogens with two attached hydrogens (primary N) is 1. The standard InChI is InChI=1S/C18H20N2S/c1-12-8-13-6-7-20(17(13)9-16(12)19)10-14-11-21-18-5-3-2-4-15(14)18/h2-5,8-9,14H,6-7,10-11,19H2,1H3. The first kappa shape index (κ1) is 13.1. The maximum absolute atomic E-state index is 6.11. The van der Waals surface area contributed by atoms with E-state index in [1.165, 1.54) is 33.0 Å². The molecule has 1 atom stereocenters. The number of anilines is 2. The Balaban J connectivity index is 1.60. The lowest BCUT2D eigenvalue weighted by Gasteiger charge is -2.24. The SMILES string of the molecule is Cc1cc2c(cc1N)N(CC1CSc3ccccc31)CC2. The van der Waals surface area contributed by atoms with E-state index in [0.717, 1.165) is 25.2 Å². The Kier molecular flexibility index (Phi) is 3.11. The van der Waals surface area contributed by atoms with Crippen LogP contribution in [0.15, 0.2) is 41.3 Å². The summed E-state index contributed by atoms with van der Waals surface area (Å²) >= 11 is 1.99. The van der Waals surface area contributed by atoms with Gasteiger partial charge in [0, 0.05) is 41.0 Å². The number of hydrogen-bond donors (Lipinski definition) is 1. The van der Waals surface area contributed by atoms with Crippen molar-refractivity contribution in [2.45, 2.75) is 24.2 Å². The first-order valence-corrected chi connectivity index (χ1v) is 8.56. The summed E-state index contributed by atoms with van der Waals surface area (Å²) in [6.07, 6.45) is 1.15. The van der Waals surface area contributed by atoms with Gasteiger partial charge in [-0.05, 0) is 42.2 Å². The van der Waals surface area contributed by atoms with Crippen LogP contribution in [0.25, 0.3) is 0 Å². The summed E-state index contributed by atoms with van der Waals surface area (Å²) < 4.78 is 0. The summed E-state index contributed by atoms with van der Waals surface area (Å²) in [5.74, 6) is 1.84. The number of rotatable bonds is 2. The number of thioether (sulfide) groups is 1. The van der Waals surface area contributed by atoms with E-state index in [2.05, 4.69) is 48.2 Å². The molecule has 0 saturated heterocycles. The molecule has 1 unspecified atom stereocenters. The number of nitrogens with zero attached hydrogens (tertiary/aromatic N) is 1. The van der Waals surface area contributed by atoms with Gasteiger partial charge in [-0.15, -0.1) is 11.8 Å². The van der Waals surface area contributed by atoms with Crippen LogP contribution in [-0.4, -0.2) is 18.8 Å². The summed E-state index contributed by atoms with van der Waals surface area (Å²) in [5, 5.41) is 0. The molecule has 0 saturated carbocycles. The average Bonchev–Trinajstić information content (AvgIpc) is 3.06. The topological polar surface area (TPSA) is 29.3 Å². The Labute approximate surface area is 130 Å². The Bertz CT molecular complexity index is 696. The molecule has 4 rings (SSSR count). The van der Waals surface area contributed by atoms with E-state index in [0.29, 0.717) is 5.92 Å². The van der Waals surface area contributed by atoms with E-state index >= 15 is 0 Å². The lowest BCUT2D eigenvalue weighted by molar-refractivity contribution is 0.715. The van der Waals surface area contributed by atoms with Gasteiger partial charge >= 0.3 is 0 Å². The third-order valence-electron chi connectivity index (χ3n) is 4.70. The highest BCUT2D eigenvalue weighted by Gasteiger charge is 2.28. The predicted molar refractivity (Wildman–Crippen MR) is 91.4 cm³/mol. The Hall–Kier alpha value is -1.61. The van der Waals surface area contributed by atoms with E-state index < -0.39 is 0 Å². The van der Waals surface area contributed by atoms with E-state index in [1.54, 1.807) is 0 Å². The van der Waals surface area contributed by atoms with Crippen LogP contribution in [0.4, 0.5) is 11.4 Å². The minimum absolute atomic E-state index is 0.639. The zero-order valence-electron chi connectivity index (χ0n) is 12.3. The highest BCUT2D eigenvalue weighted by Crippen LogP contribution is 2.41. The molecule has 2 heterocycles. The first-order chi connectivity index (χ1) is 10.2. The minimum atomic E-state index is 0.639. The molecule has 2 nitrogen and oxygen atoms in total. The summed E-state index contributed by atoms with van der Waals surface area (Å²) in [7, 11) is 0. The normalized spacial score (nSPS) is 19.7. The van der Waals surface area contributed by atoms with Crippen LogP contribution in [0.3, 0.4) is 0 Å². The van der Waals surface area contributed by atoms with Gasteiger partial charge in [0.05, 0.1) is 0 Å². The second kappa shape index (κ2) is 4.99. The number of fused-ring (bicyclic) bond motifs is 2. The number of hydrogen-bond acceptors (Lipinski definition) is 3. The molecular formula is C18H20N2S. The van der Waals surface area contributed by atoms with Crippen LogP contribution in [0.1, 0.15) is 22.6 Å². The molecule has 2 aliphatic rings. The maximum atomic E-state index is 6.11. The molecule has 0 bridgehead atoms. The van der Waals surface area contributed by atoms with Crippen molar-refractivity contribution in [2.24, 2.45) is 0 Å². The van der Waals surface area contributed by atoms with Crippen molar-refractivity contribution in [3.05, 3.63) is 53.1 Å². The van der Waals surface area contributed by atoms with Crippen molar-refractivity contribution in [2.75, 3.05) is 29.5 Å². The molecule has 2 aliphatic heterocycles. The molecule has 2 N–H and O–H groups in total. The van der Waals surface area contributed by atoms with Crippen molar-refractivity contribution in [1.29, 1.82) is 0 Å². The van der Waals surface area contributed by atoms with E-state index in [9.17, 15) is 0 Å². The Morgan fingerprint density at radius 2 is 2.14 bits per heavy atom. The summed E-state index contributed by atoms with van der Waals surface area (Å²) in [6.45, 7) is 4.34. The summed E-state index contributed by atoms with van der Waals surface area (Å²) in [6, 6.07) is 13.3. The fraction of sp³-hybridized carbons (Fsp3) is 0.333. The molecule has 0 fully saturated rings. The monoisotopic (exact) mass is 296 g/mol. The second-order valence-electron chi connectivity index (χ2n) is 6.08. The van der Waals surface area contributed by atoms with Crippen LogP contribution in [0.2, 0.25) is 0 Å². The van der Waals surface area contributed by atoms with E-state index in [4.69, 9.17) is 5.73 Å². The fourth-order valence-electron chi connectivity index (χ4n) is 3.48. The maximum Gasteiger partial charge on any atom is 0.0420 e.